The van der Waals surface area contributed by atoms with Crippen molar-refractivity contribution in [2.75, 3.05) is 0 Å². The van der Waals surface area contributed by atoms with Gasteiger partial charge in [-0.25, -0.2) is 0 Å². The number of nitrogens with one attached hydrogen (secondary N) is 1. The molecule has 0 saturated heterocycles. The van der Waals surface area contributed by atoms with Crippen molar-refractivity contribution >= 4 is 17.3 Å². The molecule has 0 aliphatic rings. The third kappa shape index (κ3) is 2.60. The molecule has 0 bridgehead atoms. The van der Waals surface area contributed by atoms with Gasteiger partial charge in [0, 0.05) is 17.6 Å². The Morgan fingerprint density at radius 2 is 2.67 bits per heavy atom. The largest absolute Gasteiger partial charge is 0.480 e. The molecule has 1 aromatic heterocycles. The van der Waals surface area contributed by atoms with Crippen molar-refractivity contribution in [3.8, 4) is 0 Å². The smallest absolute Gasteiger partial charge is 0.320 e. The van der Waals surface area contributed by atoms with Gasteiger partial charge in [0.25, 0.3) is 0 Å². The zero-order valence-corrected chi connectivity index (χ0v) is 7.47. The van der Waals surface area contributed by atoms with Crippen LogP contribution in [0.1, 0.15) is 11.8 Å². The topological polar surface area (TPSA) is 62.2 Å². The van der Waals surface area contributed by atoms with Crippen LogP contribution in [-0.2, 0) is 11.3 Å². The summed E-state index contributed by atoms with van der Waals surface area (Å²) < 4.78 is 0. The molecule has 0 radical (unpaired) electrons. The van der Waals surface area contributed by atoms with E-state index in [-0.39, 0.29) is 0 Å². The summed E-state index contributed by atoms with van der Waals surface area (Å²) in [5.74, 6) is -0.834. The molecule has 0 spiro atoms. The minimum absolute atomic E-state index is 0.507. The van der Waals surface area contributed by atoms with Crippen molar-refractivity contribution in [1.29, 1.82) is 0 Å². The molecule has 0 aliphatic heterocycles. The molecule has 5 heteroatoms. The van der Waals surface area contributed by atoms with Gasteiger partial charge in [-0.15, -0.1) is 11.3 Å². The number of carboxylic acids is 1. The zero-order chi connectivity index (χ0) is 8.97. The lowest BCUT2D eigenvalue weighted by Crippen LogP contribution is -2.32. The highest BCUT2D eigenvalue weighted by molar-refractivity contribution is 7.09. The SMILES string of the molecule is CC(NCc1cncs1)C(=O)O. The molecule has 1 aromatic rings. The van der Waals surface area contributed by atoms with Crippen molar-refractivity contribution in [2.45, 2.75) is 19.5 Å². The van der Waals surface area contributed by atoms with Gasteiger partial charge in [0.15, 0.2) is 0 Å². The Morgan fingerprint density at radius 1 is 1.92 bits per heavy atom. The maximum absolute atomic E-state index is 10.4. The molecule has 0 amide bonds. The van der Waals surface area contributed by atoms with E-state index < -0.39 is 12.0 Å². The van der Waals surface area contributed by atoms with Crippen molar-refractivity contribution in [3.05, 3.63) is 16.6 Å². The second kappa shape index (κ2) is 4.18. The number of rotatable bonds is 4. The van der Waals surface area contributed by atoms with Gasteiger partial charge >= 0.3 is 5.97 Å². The van der Waals surface area contributed by atoms with Crippen LogP contribution in [0.3, 0.4) is 0 Å². The van der Waals surface area contributed by atoms with Crippen LogP contribution in [0, 0.1) is 0 Å². The Labute approximate surface area is 74.3 Å². The molecule has 0 fully saturated rings. The van der Waals surface area contributed by atoms with Gasteiger partial charge in [0.2, 0.25) is 0 Å². The highest BCUT2D eigenvalue weighted by Gasteiger charge is 2.09. The van der Waals surface area contributed by atoms with E-state index in [1.165, 1.54) is 11.3 Å². The van der Waals surface area contributed by atoms with Crippen molar-refractivity contribution in [1.82, 2.24) is 10.3 Å². The van der Waals surface area contributed by atoms with E-state index in [4.69, 9.17) is 5.11 Å². The molecule has 4 nitrogen and oxygen atoms in total. The number of aliphatic carboxylic acids is 1. The Bertz CT molecular complexity index is 248. The fraction of sp³-hybridized carbons (Fsp3) is 0.429. The quantitative estimate of drug-likeness (QED) is 0.726. The molecule has 1 rings (SSSR count). The predicted molar refractivity (Wildman–Crippen MR) is 46.1 cm³/mol. The average Bonchev–Trinajstić information content (AvgIpc) is 2.51. The van der Waals surface area contributed by atoms with Crippen LogP contribution in [0.15, 0.2) is 11.7 Å². The van der Waals surface area contributed by atoms with Gasteiger partial charge in [-0.05, 0) is 6.92 Å². The first-order chi connectivity index (χ1) is 5.70. The van der Waals surface area contributed by atoms with E-state index in [0.717, 1.165) is 4.88 Å². The molecule has 0 aromatic carbocycles. The molecular weight excluding hydrogens is 176 g/mol. The Balaban J connectivity index is 2.31. The summed E-state index contributed by atoms with van der Waals surface area (Å²) in [5, 5.41) is 11.4. The van der Waals surface area contributed by atoms with Crippen LogP contribution in [-0.4, -0.2) is 22.1 Å². The van der Waals surface area contributed by atoms with Gasteiger partial charge in [0.05, 0.1) is 5.51 Å². The lowest BCUT2D eigenvalue weighted by molar-refractivity contribution is -0.139. The highest BCUT2D eigenvalue weighted by atomic mass is 32.1. The van der Waals surface area contributed by atoms with Gasteiger partial charge in [-0.3, -0.25) is 15.1 Å². The standard InChI is InChI=1S/C7H10N2O2S/c1-5(7(10)11)9-3-6-2-8-4-12-6/h2,4-5,9H,3H2,1H3,(H,10,11). The maximum atomic E-state index is 10.4. The molecule has 1 heterocycles. The van der Waals surface area contributed by atoms with E-state index in [0.29, 0.717) is 6.54 Å². The number of nitrogens with zero attached hydrogens (tertiary/aromatic N) is 1. The molecule has 0 saturated carbocycles. The summed E-state index contributed by atoms with van der Waals surface area (Å²) in [7, 11) is 0. The number of hydrogen-bond donors (Lipinski definition) is 2. The van der Waals surface area contributed by atoms with Crippen molar-refractivity contribution < 1.29 is 9.90 Å². The third-order valence-electron chi connectivity index (χ3n) is 1.44. The van der Waals surface area contributed by atoms with Gasteiger partial charge < -0.3 is 5.11 Å². The molecule has 66 valence electrons. The van der Waals surface area contributed by atoms with Crippen LogP contribution in [0.2, 0.25) is 0 Å². The lowest BCUT2D eigenvalue weighted by Gasteiger charge is -2.06. The Kier molecular flexibility index (Phi) is 3.19. The number of hydrogen-bond acceptors (Lipinski definition) is 4. The van der Waals surface area contributed by atoms with Crippen LogP contribution in [0.25, 0.3) is 0 Å². The average molecular weight is 186 g/mol. The molecule has 0 aliphatic carbocycles. The molecular formula is C7H10N2O2S. The van der Waals surface area contributed by atoms with Crippen LogP contribution < -0.4 is 5.32 Å². The van der Waals surface area contributed by atoms with Crippen molar-refractivity contribution in [2.24, 2.45) is 0 Å². The minimum Gasteiger partial charge on any atom is -0.480 e. The molecule has 1 atom stereocenters. The van der Waals surface area contributed by atoms with E-state index in [1.807, 2.05) is 0 Å². The van der Waals surface area contributed by atoms with E-state index in [2.05, 4.69) is 10.3 Å². The lowest BCUT2D eigenvalue weighted by atomic mass is 10.3. The van der Waals surface area contributed by atoms with Gasteiger partial charge in [-0.2, -0.15) is 0 Å². The summed E-state index contributed by atoms with van der Waals surface area (Å²) >= 11 is 1.51. The van der Waals surface area contributed by atoms with Crippen LogP contribution in [0.5, 0.6) is 0 Å². The Hall–Kier alpha value is -0.940. The first-order valence-electron chi connectivity index (χ1n) is 3.53. The molecule has 1 unspecified atom stereocenters. The fourth-order valence-corrected chi connectivity index (χ4v) is 1.22. The van der Waals surface area contributed by atoms with E-state index in [1.54, 1.807) is 18.6 Å². The van der Waals surface area contributed by atoms with Crippen LogP contribution >= 0.6 is 11.3 Å². The summed E-state index contributed by atoms with van der Waals surface area (Å²) in [4.78, 5) is 15.3. The first kappa shape index (κ1) is 9.15. The third-order valence-corrected chi connectivity index (χ3v) is 2.22. The summed E-state index contributed by atoms with van der Waals surface area (Å²) in [5.41, 5.74) is 1.72. The maximum Gasteiger partial charge on any atom is 0.320 e. The summed E-state index contributed by atoms with van der Waals surface area (Å²) in [6, 6.07) is -0.507. The molecule has 12 heavy (non-hydrogen) atoms. The van der Waals surface area contributed by atoms with Crippen molar-refractivity contribution in [3.63, 3.8) is 0 Å². The summed E-state index contributed by atoms with van der Waals surface area (Å²) in [6.07, 6.45) is 1.73. The number of carboxylic acid groups (broad SMARTS) is 1. The number of aromatic nitrogens is 1. The minimum atomic E-state index is -0.834. The first-order valence-corrected chi connectivity index (χ1v) is 4.41. The number of thiazole rings is 1. The fourth-order valence-electron chi connectivity index (χ4n) is 0.670. The zero-order valence-electron chi connectivity index (χ0n) is 6.65. The second-order valence-electron chi connectivity index (χ2n) is 2.41. The highest BCUT2D eigenvalue weighted by Crippen LogP contribution is 2.04. The van der Waals surface area contributed by atoms with Gasteiger partial charge in [0.1, 0.15) is 6.04 Å². The van der Waals surface area contributed by atoms with Crippen LogP contribution in [0.4, 0.5) is 0 Å². The van der Waals surface area contributed by atoms with E-state index in [9.17, 15) is 4.79 Å². The van der Waals surface area contributed by atoms with E-state index >= 15 is 0 Å². The monoisotopic (exact) mass is 186 g/mol. The summed E-state index contributed by atoms with van der Waals surface area (Å²) in [6.45, 7) is 2.18. The molecule has 2 N–H and O–H groups in total. The van der Waals surface area contributed by atoms with Gasteiger partial charge in [-0.1, -0.05) is 0 Å². The predicted octanol–water partition coefficient (Wildman–Crippen LogP) is 0.706. The Morgan fingerprint density at radius 3 is 3.17 bits per heavy atom. The second-order valence-corrected chi connectivity index (χ2v) is 3.38. The number of carbonyl (C=O) groups is 1. The normalized spacial score (nSPS) is 12.8.